The lowest BCUT2D eigenvalue weighted by Crippen LogP contribution is -2.12. The van der Waals surface area contributed by atoms with Crippen molar-refractivity contribution in [2.75, 3.05) is 11.3 Å². The highest BCUT2D eigenvalue weighted by Crippen LogP contribution is 2.23. The smallest absolute Gasteiger partial charge is 0.354 e. The highest BCUT2D eigenvalue weighted by molar-refractivity contribution is 9.10. The van der Waals surface area contributed by atoms with Gasteiger partial charge in [0.15, 0.2) is 0 Å². The molecule has 1 aromatic carbocycles. The van der Waals surface area contributed by atoms with Crippen LogP contribution in [0.1, 0.15) is 23.0 Å². The predicted molar refractivity (Wildman–Crippen MR) is 91.1 cm³/mol. The fourth-order valence-corrected chi connectivity index (χ4v) is 3.38. The number of rotatable bonds is 5. The minimum Gasteiger partial charge on any atom is -0.461 e. The Hall–Kier alpha value is -1.80. The van der Waals surface area contributed by atoms with Crippen molar-refractivity contribution in [3.05, 3.63) is 46.2 Å². The first-order valence-corrected chi connectivity index (χ1v) is 9.14. The molecule has 0 saturated heterocycles. The standard InChI is InChI=1S/C15H17BrN2O4S/c1-4-22-15(19)14-8-12(9-18(14)3)23(20,21)17-11-5-6-13(16)10(2)7-11/h5-9,17H,4H2,1-3H3. The van der Waals surface area contributed by atoms with E-state index in [-0.39, 0.29) is 17.2 Å². The van der Waals surface area contributed by atoms with Crippen LogP contribution in [0.2, 0.25) is 0 Å². The van der Waals surface area contributed by atoms with E-state index in [0.29, 0.717) is 5.69 Å². The van der Waals surface area contributed by atoms with Gasteiger partial charge in [-0.15, -0.1) is 0 Å². The summed E-state index contributed by atoms with van der Waals surface area (Å²) in [6, 6.07) is 6.44. The molecule has 0 spiro atoms. The maximum absolute atomic E-state index is 12.5. The van der Waals surface area contributed by atoms with Gasteiger partial charge in [-0.05, 0) is 43.7 Å². The second-order valence-corrected chi connectivity index (χ2v) is 7.50. The molecule has 0 bridgehead atoms. The van der Waals surface area contributed by atoms with Gasteiger partial charge in [-0.2, -0.15) is 0 Å². The third-order valence-corrected chi connectivity index (χ3v) is 5.42. The molecule has 124 valence electrons. The number of aromatic nitrogens is 1. The van der Waals surface area contributed by atoms with Gasteiger partial charge in [-0.25, -0.2) is 13.2 Å². The van der Waals surface area contributed by atoms with E-state index in [9.17, 15) is 13.2 Å². The minimum atomic E-state index is -3.79. The lowest BCUT2D eigenvalue weighted by molar-refractivity contribution is 0.0515. The molecule has 1 N–H and O–H groups in total. The van der Waals surface area contributed by atoms with Crippen LogP contribution in [0.25, 0.3) is 0 Å². The molecule has 0 radical (unpaired) electrons. The van der Waals surface area contributed by atoms with E-state index in [1.165, 1.54) is 16.8 Å². The summed E-state index contributed by atoms with van der Waals surface area (Å²) in [7, 11) is -2.19. The Morgan fingerprint density at radius 3 is 2.65 bits per heavy atom. The number of carbonyl (C=O) groups excluding carboxylic acids is 1. The van der Waals surface area contributed by atoms with Gasteiger partial charge < -0.3 is 9.30 Å². The molecule has 0 atom stereocenters. The molecule has 0 aliphatic heterocycles. The van der Waals surface area contributed by atoms with Gasteiger partial charge in [-0.3, -0.25) is 4.72 Å². The summed E-state index contributed by atoms with van der Waals surface area (Å²) in [4.78, 5) is 11.8. The average Bonchev–Trinajstić information content (AvgIpc) is 2.86. The van der Waals surface area contributed by atoms with Crippen molar-refractivity contribution in [1.29, 1.82) is 0 Å². The van der Waals surface area contributed by atoms with E-state index in [4.69, 9.17) is 4.74 Å². The molecule has 0 saturated carbocycles. The first kappa shape index (κ1) is 17.6. The van der Waals surface area contributed by atoms with Gasteiger partial charge >= 0.3 is 5.97 Å². The first-order valence-electron chi connectivity index (χ1n) is 6.87. The number of sulfonamides is 1. The molecule has 1 heterocycles. The van der Waals surface area contributed by atoms with Gasteiger partial charge in [-0.1, -0.05) is 15.9 Å². The predicted octanol–water partition coefficient (Wildman–Crippen LogP) is 3.07. The average molecular weight is 401 g/mol. The second-order valence-electron chi connectivity index (χ2n) is 4.96. The summed E-state index contributed by atoms with van der Waals surface area (Å²) < 4.78 is 34.6. The molecule has 6 nitrogen and oxygen atoms in total. The third-order valence-electron chi connectivity index (χ3n) is 3.18. The Morgan fingerprint density at radius 1 is 1.35 bits per heavy atom. The Balaban J connectivity index is 2.31. The second kappa shape index (κ2) is 6.76. The number of halogens is 1. The van der Waals surface area contributed by atoms with Gasteiger partial charge in [0, 0.05) is 23.4 Å². The van der Waals surface area contributed by atoms with Gasteiger partial charge in [0.1, 0.15) is 10.6 Å². The molecule has 2 rings (SSSR count). The number of benzene rings is 1. The van der Waals surface area contributed by atoms with E-state index in [2.05, 4.69) is 20.7 Å². The maximum atomic E-state index is 12.5. The summed E-state index contributed by atoms with van der Waals surface area (Å²) in [5.74, 6) is -0.559. The lowest BCUT2D eigenvalue weighted by atomic mass is 10.2. The zero-order valence-corrected chi connectivity index (χ0v) is 15.4. The van der Waals surface area contributed by atoms with Crippen LogP contribution in [0.15, 0.2) is 39.8 Å². The van der Waals surface area contributed by atoms with Crippen molar-refractivity contribution >= 4 is 37.6 Å². The number of nitrogens with one attached hydrogen (secondary N) is 1. The first-order chi connectivity index (χ1) is 10.7. The van der Waals surface area contributed by atoms with Crippen LogP contribution in [-0.2, 0) is 21.8 Å². The van der Waals surface area contributed by atoms with Crippen LogP contribution < -0.4 is 4.72 Å². The maximum Gasteiger partial charge on any atom is 0.354 e. The molecule has 23 heavy (non-hydrogen) atoms. The summed E-state index contributed by atoms with van der Waals surface area (Å²) in [6.07, 6.45) is 1.38. The molecule has 0 aliphatic rings. The van der Waals surface area contributed by atoms with Crippen molar-refractivity contribution in [3.8, 4) is 0 Å². The van der Waals surface area contributed by atoms with Gasteiger partial charge in [0.25, 0.3) is 10.0 Å². The number of anilines is 1. The monoisotopic (exact) mass is 400 g/mol. The molecule has 0 unspecified atom stereocenters. The van der Waals surface area contributed by atoms with E-state index < -0.39 is 16.0 Å². The van der Waals surface area contributed by atoms with Crippen molar-refractivity contribution < 1.29 is 17.9 Å². The number of ether oxygens (including phenoxy) is 1. The van der Waals surface area contributed by atoms with Crippen molar-refractivity contribution in [3.63, 3.8) is 0 Å². The summed E-state index contributed by atoms with van der Waals surface area (Å²) in [6.45, 7) is 3.78. The van der Waals surface area contributed by atoms with E-state index >= 15 is 0 Å². The van der Waals surface area contributed by atoms with Crippen LogP contribution in [-0.4, -0.2) is 25.6 Å². The number of hydrogen-bond donors (Lipinski definition) is 1. The fourth-order valence-electron chi connectivity index (χ4n) is 2.01. The van der Waals surface area contributed by atoms with Crippen LogP contribution >= 0.6 is 15.9 Å². The van der Waals surface area contributed by atoms with E-state index in [1.54, 1.807) is 32.2 Å². The van der Waals surface area contributed by atoms with Crippen LogP contribution in [0, 0.1) is 6.92 Å². The minimum absolute atomic E-state index is 0.00336. The van der Waals surface area contributed by atoms with Crippen molar-refractivity contribution in [1.82, 2.24) is 4.57 Å². The zero-order valence-electron chi connectivity index (χ0n) is 13.0. The van der Waals surface area contributed by atoms with E-state index in [1.807, 2.05) is 6.92 Å². The normalized spacial score (nSPS) is 11.3. The zero-order chi connectivity index (χ0) is 17.2. The number of aryl methyl sites for hydroxylation is 2. The van der Waals surface area contributed by atoms with Crippen LogP contribution in [0.5, 0.6) is 0 Å². The number of hydrogen-bond acceptors (Lipinski definition) is 4. The fraction of sp³-hybridized carbons (Fsp3) is 0.267. The summed E-state index contributed by atoms with van der Waals surface area (Å²) in [5.41, 5.74) is 1.54. The molecular weight excluding hydrogens is 384 g/mol. The molecule has 0 amide bonds. The number of esters is 1. The molecule has 0 fully saturated rings. The van der Waals surface area contributed by atoms with Gasteiger partial charge in [0.05, 0.1) is 6.61 Å². The highest BCUT2D eigenvalue weighted by atomic mass is 79.9. The number of carbonyl (C=O) groups is 1. The largest absolute Gasteiger partial charge is 0.461 e. The molecule has 2 aromatic rings. The quantitative estimate of drug-likeness (QED) is 0.782. The molecule has 0 aliphatic carbocycles. The summed E-state index contributed by atoms with van der Waals surface area (Å²) >= 11 is 3.37. The number of nitrogens with zero attached hydrogens (tertiary/aromatic N) is 1. The molecule has 8 heteroatoms. The Bertz CT molecular complexity index is 843. The Morgan fingerprint density at radius 2 is 2.04 bits per heavy atom. The van der Waals surface area contributed by atoms with Crippen LogP contribution in [0.3, 0.4) is 0 Å². The topological polar surface area (TPSA) is 77.4 Å². The highest BCUT2D eigenvalue weighted by Gasteiger charge is 2.21. The van der Waals surface area contributed by atoms with Crippen LogP contribution in [0.4, 0.5) is 5.69 Å². The molecular formula is C15H17BrN2O4S. The van der Waals surface area contributed by atoms with Crippen molar-refractivity contribution in [2.24, 2.45) is 7.05 Å². The third kappa shape index (κ3) is 3.94. The Kier molecular flexibility index (Phi) is 5.16. The Labute approximate surface area is 143 Å². The summed E-state index contributed by atoms with van der Waals surface area (Å²) in [5, 5.41) is 0. The van der Waals surface area contributed by atoms with E-state index in [0.717, 1.165) is 10.0 Å². The van der Waals surface area contributed by atoms with Crippen molar-refractivity contribution in [2.45, 2.75) is 18.7 Å². The SMILES string of the molecule is CCOC(=O)c1cc(S(=O)(=O)Nc2ccc(Br)c(C)c2)cn1C. The lowest BCUT2D eigenvalue weighted by Gasteiger charge is -2.08. The van der Waals surface area contributed by atoms with Gasteiger partial charge in [0.2, 0.25) is 0 Å². The molecule has 1 aromatic heterocycles.